The van der Waals surface area contributed by atoms with Gasteiger partial charge in [0.25, 0.3) is 0 Å². The summed E-state index contributed by atoms with van der Waals surface area (Å²) >= 11 is 0. The summed E-state index contributed by atoms with van der Waals surface area (Å²) < 4.78 is 12.9. The molecule has 4 heteroatoms. The van der Waals surface area contributed by atoms with E-state index in [-0.39, 0.29) is 11.7 Å². The third kappa shape index (κ3) is 2.95. The molecule has 3 nitrogen and oxygen atoms in total. The predicted octanol–water partition coefficient (Wildman–Crippen LogP) is 2.06. The highest BCUT2D eigenvalue weighted by Gasteiger charge is 2.48. The van der Waals surface area contributed by atoms with Gasteiger partial charge in [-0.2, -0.15) is 0 Å². The molecule has 0 aliphatic heterocycles. The van der Waals surface area contributed by atoms with E-state index >= 15 is 0 Å². The first-order valence-corrected chi connectivity index (χ1v) is 6.89. The first kappa shape index (κ1) is 12.6. The lowest BCUT2D eigenvalue weighted by Gasteiger charge is -2.26. The van der Waals surface area contributed by atoms with Crippen LogP contribution in [0.5, 0.6) is 0 Å². The van der Waals surface area contributed by atoms with E-state index in [1.807, 2.05) is 4.90 Å². The zero-order valence-corrected chi connectivity index (χ0v) is 10.9. The molecule has 2 fully saturated rings. The smallest absolute Gasteiger partial charge is 0.242 e. The van der Waals surface area contributed by atoms with Gasteiger partial charge in [0.1, 0.15) is 5.82 Å². The van der Waals surface area contributed by atoms with Crippen LogP contribution < -0.4 is 5.73 Å². The lowest BCUT2D eigenvalue weighted by Crippen LogP contribution is -2.46. The number of nitrogens with zero attached hydrogens (tertiary/aromatic N) is 1. The molecule has 0 bridgehead atoms. The van der Waals surface area contributed by atoms with Gasteiger partial charge in [-0.3, -0.25) is 4.79 Å². The Kier molecular flexibility index (Phi) is 3.05. The van der Waals surface area contributed by atoms with Gasteiger partial charge in [-0.25, -0.2) is 4.39 Å². The summed E-state index contributed by atoms with van der Waals surface area (Å²) in [5.74, 6) is 0.441. The Morgan fingerprint density at radius 2 is 1.95 bits per heavy atom. The molecule has 3 rings (SSSR count). The molecule has 0 unspecified atom stereocenters. The van der Waals surface area contributed by atoms with Crippen LogP contribution in [-0.4, -0.2) is 22.9 Å². The van der Waals surface area contributed by atoms with Gasteiger partial charge >= 0.3 is 0 Å². The first-order chi connectivity index (χ1) is 9.07. The molecule has 1 amide bonds. The largest absolute Gasteiger partial charge is 0.336 e. The van der Waals surface area contributed by atoms with Gasteiger partial charge in [0, 0.05) is 13.1 Å². The second-order valence-corrected chi connectivity index (χ2v) is 5.91. The van der Waals surface area contributed by atoms with Crippen LogP contribution >= 0.6 is 0 Å². The number of rotatable bonds is 5. The summed E-state index contributed by atoms with van der Waals surface area (Å²) in [4.78, 5) is 14.2. The van der Waals surface area contributed by atoms with Gasteiger partial charge < -0.3 is 10.6 Å². The minimum atomic E-state index is -0.616. The summed E-state index contributed by atoms with van der Waals surface area (Å²) in [7, 11) is 0. The van der Waals surface area contributed by atoms with Crippen molar-refractivity contribution in [2.24, 2.45) is 11.7 Å². The standard InChI is InChI=1S/C15H19FN2O/c16-13-5-3-12(4-6-13)10-18(9-11-1-2-11)14(19)15(17)7-8-15/h3-6,11H,1-2,7-10,17H2. The van der Waals surface area contributed by atoms with Crippen molar-refractivity contribution in [3.8, 4) is 0 Å². The molecule has 1 aromatic carbocycles. The van der Waals surface area contributed by atoms with Crippen LogP contribution in [0.15, 0.2) is 24.3 Å². The minimum Gasteiger partial charge on any atom is -0.336 e. The van der Waals surface area contributed by atoms with E-state index in [0.717, 1.165) is 24.9 Å². The number of benzene rings is 1. The van der Waals surface area contributed by atoms with Crippen LogP contribution in [0.4, 0.5) is 4.39 Å². The predicted molar refractivity (Wildman–Crippen MR) is 70.7 cm³/mol. The normalized spacial score (nSPS) is 20.1. The maximum atomic E-state index is 12.9. The second-order valence-electron chi connectivity index (χ2n) is 5.91. The van der Waals surface area contributed by atoms with Crippen LogP contribution in [0, 0.1) is 11.7 Å². The van der Waals surface area contributed by atoms with E-state index in [9.17, 15) is 9.18 Å². The number of halogens is 1. The molecule has 0 radical (unpaired) electrons. The topological polar surface area (TPSA) is 46.3 Å². The fraction of sp³-hybridized carbons (Fsp3) is 0.533. The van der Waals surface area contributed by atoms with Crippen LogP contribution in [0.2, 0.25) is 0 Å². The van der Waals surface area contributed by atoms with Crippen LogP contribution in [0.25, 0.3) is 0 Å². The molecular formula is C15H19FN2O. The SMILES string of the molecule is NC1(C(=O)N(Cc2ccc(F)cc2)CC2CC2)CC1. The maximum Gasteiger partial charge on any atom is 0.242 e. The quantitative estimate of drug-likeness (QED) is 0.883. The number of carbonyl (C=O) groups excluding carboxylic acids is 1. The number of hydrogen-bond acceptors (Lipinski definition) is 2. The van der Waals surface area contributed by atoms with Gasteiger partial charge in [0.05, 0.1) is 5.54 Å². The molecule has 2 aliphatic rings. The van der Waals surface area contributed by atoms with Crippen molar-refractivity contribution in [1.29, 1.82) is 0 Å². The van der Waals surface area contributed by atoms with Crippen molar-refractivity contribution in [1.82, 2.24) is 4.90 Å². The molecule has 2 saturated carbocycles. The molecule has 1 aromatic rings. The van der Waals surface area contributed by atoms with E-state index in [2.05, 4.69) is 0 Å². The Morgan fingerprint density at radius 3 is 2.47 bits per heavy atom. The van der Waals surface area contributed by atoms with Gasteiger partial charge in [-0.05, 0) is 49.3 Å². The highest BCUT2D eigenvalue weighted by molar-refractivity contribution is 5.89. The number of nitrogens with two attached hydrogens (primary N) is 1. The van der Waals surface area contributed by atoms with E-state index in [0.29, 0.717) is 12.5 Å². The average molecular weight is 262 g/mol. The Morgan fingerprint density at radius 1 is 1.32 bits per heavy atom. The first-order valence-electron chi connectivity index (χ1n) is 6.89. The molecule has 2 aliphatic carbocycles. The van der Waals surface area contributed by atoms with Crippen LogP contribution in [-0.2, 0) is 11.3 Å². The van der Waals surface area contributed by atoms with Crippen molar-refractivity contribution in [2.45, 2.75) is 37.8 Å². The number of carbonyl (C=O) groups is 1. The highest BCUT2D eigenvalue weighted by atomic mass is 19.1. The second kappa shape index (κ2) is 4.60. The van der Waals surface area contributed by atoms with Crippen LogP contribution in [0.1, 0.15) is 31.2 Å². The molecule has 0 heterocycles. The Hall–Kier alpha value is -1.42. The zero-order chi connectivity index (χ0) is 13.5. The third-order valence-electron chi connectivity index (χ3n) is 3.96. The average Bonchev–Trinajstić information content (AvgIpc) is 3.29. The highest BCUT2D eigenvalue weighted by Crippen LogP contribution is 2.37. The minimum absolute atomic E-state index is 0.0590. The Bertz CT molecular complexity index is 477. The summed E-state index contributed by atoms with van der Waals surface area (Å²) in [6, 6.07) is 6.34. The van der Waals surface area contributed by atoms with Crippen LogP contribution in [0.3, 0.4) is 0 Å². The molecule has 0 atom stereocenters. The fourth-order valence-electron chi connectivity index (χ4n) is 2.30. The van der Waals surface area contributed by atoms with E-state index in [1.165, 1.54) is 25.0 Å². The van der Waals surface area contributed by atoms with Crippen molar-refractivity contribution >= 4 is 5.91 Å². The Labute approximate surface area is 112 Å². The monoisotopic (exact) mass is 262 g/mol. The van der Waals surface area contributed by atoms with Gasteiger partial charge in [0.15, 0.2) is 0 Å². The van der Waals surface area contributed by atoms with E-state index < -0.39 is 5.54 Å². The van der Waals surface area contributed by atoms with Crippen molar-refractivity contribution in [2.75, 3.05) is 6.54 Å². The van der Waals surface area contributed by atoms with E-state index in [1.54, 1.807) is 12.1 Å². The summed E-state index contributed by atoms with van der Waals surface area (Å²) in [6.07, 6.45) is 3.97. The molecule has 2 N–H and O–H groups in total. The van der Waals surface area contributed by atoms with Gasteiger partial charge in [-0.1, -0.05) is 12.1 Å². The number of hydrogen-bond donors (Lipinski definition) is 1. The number of amides is 1. The summed E-state index contributed by atoms with van der Waals surface area (Å²) in [5, 5.41) is 0. The molecule has 102 valence electrons. The molecule has 19 heavy (non-hydrogen) atoms. The third-order valence-corrected chi connectivity index (χ3v) is 3.96. The molecular weight excluding hydrogens is 243 g/mol. The Balaban J connectivity index is 1.71. The van der Waals surface area contributed by atoms with Gasteiger partial charge in [0.2, 0.25) is 5.91 Å². The van der Waals surface area contributed by atoms with Crippen molar-refractivity contribution in [3.63, 3.8) is 0 Å². The van der Waals surface area contributed by atoms with E-state index in [4.69, 9.17) is 5.73 Å². The lowest BCUT2D eigenvalue weighted by atomic mass is 10.1. The fourth-order valence-corrected chi connectivity index (χ4v) is 2.30. The zero-order valence-electron chi connectivity index (χ0n) is 10.9. The maximum absolute atomic E-state index is 12.9. The van der Waals surface area contributed by atoms with Crippen molar-refractivity contribution < 1.29 is 9.18 Å². The molecule has 0 saturated heterocycles. The van der Waals surface area contributed by atoms with Gasteiger partial charge in [-0.15, -0.1) is 0 Å². The van der Waals surface area contributed by atoms with Crippen molar-refractivity contribution in [3.05, 3.63) is 35.6 Å². The molecule has 0 spiro atoms. The lowest BCUT2D eigenvalue weighted by molar-refractivity contribution is -0.134. The summed E-state index contributed by atoms with van der Waals surface area (Å²) in [5.41, 5.74) is 6.36. The summed E-state index contributed by atoms with van der Waals surface area (Å²) in [6.45, 7) is 1.32. The molecule has 0 aromatic heterocycles.